The van der Waals surface area contributed by atoms with Gasteiger partial charge in [-0.25, -0.2) is 4.98 Å². The third kappa shape index (κ3) is 3.87. The molecule has 0 saturated heterocycles. The van der Waals surface area contributed by atoms with Gasteiger partial charge in [-0.05, 0) is 6.92 Å². The maximum atomic E-state index is 10.8. The number of nitrogens with zero attached hydrogens (tertiary/aromatic N) is 2. The highest BCUT2D eigenvalue weighted by Gasteiger charge is 2.18. The van der Waals surface area contributed by atoms with Crippen molar-refractivity contribution in [1.82, 2.24) is 4.98 Å². The second-order valence-electron chi connectivity index (χ2n) is 3.49. The van der Waals surface area contributed by atoms with Crippen LogP contribution in [0.3, 0.4) is 0 Å². The van der Waals surface area contributed by atoms with Crippen molar-refractivity contribution in [3.8, 4) is 0 Å². The Balaban J connectivity index is 2.90. The number of halogens is 1. The molecule has 17 heavy (non-hydrogen) atoms. The van der Waals surface area contributed by atoms with Crippen LogP contribution in [0.25, 0.3) is 0 Å². The molecular weight excluding hydrogens is 248 g/mol. The SMILES string of the molecule is CC(CC(N)=O)Nc1ncc(Cl)cc1[N+](=O)[O-]. The number of aromatic nitrogens is 1. The van der Waals surface area contributed by atoms with Crippen LogP contribution in [0.1, 0.15) is 13.3 Å². The average molecular weight is 259 g/mol. The van der Waals surface area contributed by atoms with Crippen LogP contribution < -0.4 is 11.1 Å². The number of carbonyl (C=O) groups excluding carboxylic acids is 1. The van der Waals surface area contributed by atoms with Gasteiger partial charge in [0.05, 0.1) is 9.95 Å². The summed E-state index contributed by atoms with van der Waals surface area (Å²) in [5.41, 5.74) is 4.77. The Morgan fingerprint density at radius 1 is 1.76 bits per heavy atom. The van der Waals surface area contributed by atoms with E-state index in [-0.39, 0.29) is 29.0 Å². The van der Waals surface area contributed by atoms with Gasteiger partial charge in [-0.15, -0.1) is 0 Å². The Morgan fingerprint density at radius 2 is 2.41 bits per heavy atom. The fourth-order valence-electron chi connectivity index (χ4n) is 1.27. The molecule has 1 aromatic rings. The lowest BCUT2D eigenvalue weighted by Gasteiger charge is -2.12. The zero-order valence-electron chi connectivity index (χ0n) is 9.01. The Bertz CT molecular complexity index is 452. The van der Waals surface area contributed by atoms with Crippen molar-refractivity contribution < 1.29 is 9.72 Å². The lowest BCUT2D eigenvalue weighted by molar-refractivity contribution is -0.384. The highest BCUT2D eigenvalue weighted by molar-refractivity contribution is 6.30. The van der Waals surface area contributed by atoms with E-state index in [2.05, 4.69) is 10.3 Å². The molecule has 3 N–H and O–H groups in total. The molecular formula is C9H11ClN4O3. The first-order valence-corrected chi connectivity index (χ1v) is 5.12. The third-order valence-electron chi connectivity index (χ3n) is 1.92. The second kappa shape index (κ2) is 5.44. The van der Waals surface area contributed by atoms with E-state index in [1.54, 1.807) is 6.92 Å². The number of primary amides is 1. The Kier molecular flexibility index (Phi) is 4.22. The molecule has 0 aromatic carbocycles. The van der Waals surface area contributed by atoms with Crippen molar-refractivity contribution in [1.29, 1.82) is 0 Å². The van der Waals surface area contributed by atoms with E-state index >= 15 is 0 Å². The number of hydrogen-bond donors (Lipinski definition) is 2. The van der Waals surface area contributed by atoms with E-state index < -0.39 is 10.8 Å². The summed E-state index contributed by atoms with van der Waals surface area (Å²) in [6.45, 7) is 1.67. The Morgan fingerprint density at radius 3 is 2.94 bits per heavy atom. The molecule has 1 unspecified atom stereocenters. The van der Waals surface area contributed by atoms with Crippen molar-refractivity contribution in [2.75, 3.05) is 5.32 Å². The molecule has 1 atom stereocenters. The number of amides is 1. The van der Waals surface area contributed by atoms with Crippen molar-refractivity contribution in [3.63, 3.8) is 0 Å². The standard InChI is InChI=1S/C9H11ClN4O3/c1-5(2-8(11)15)13-9-7(14(16)17)3-6(10)4-12-9/h3-5H,2H2,1H3,(H2,11,15)(H,12,13). The zero-order chi connectivity index (χ0) is 13.0. The maximum Gasteiger partial charge on any atom is 0.312 e. The predicted octanol–water partition coefficient (Wildman–Crippen LogP) is 1.32. The summed E-state index contributed by atoms with van der Waals surface area (Å²) < 4.78 is 0. The van der Waals surface area contributed by atoms with Gasteiger partial charge >= 0.3 is 5.69 Å². The van der Waals surface area contributed by atoms with Gasteiger partial charge in [0.2, 0.25) is 11.7 Å². The van der Waals surface area contributed by atoms with Crippen LogP contribution in [-0.2, 0) is 4.79 Å². The molecule has 0 aliphatic heterocycles. The van der Waals surface area contributed by atoms with Gasteiger partial charge in [0.25, 0.3) is 0 Å². The quantitative estimate of drug-likeness (QED) is 0.611. The molecule has 0 saturated carbocycles. The van der Waals surface area contributed by atoms with E-state index in [9.17, 15) is 14.9 Å². The minimum Gasteiger partial charge on any atom is -0.370 e. The molecule has 0 aliphatic carbocycles. The summed E-state index contributed by atoms with van der Waals surface area (Å²) in [6.07, 6.45) is 1.34. The van der Waals surface area contributed by atoms with Crippen LogP contribution in [0.15, 0.2) is 12.3 Å². The summed E-state index contributed by atoms with van der Waals surface area (Å²) in [5.74, 6) is -0.435. The van der Waals surface area contributed by atoms with E-state index in [0.29, 0.717) is 0 Å². The van der Waals surface area contributed by atoms with Gasteiger partial charge < -0.3 is 11.1 Å². The van der Waals surface area contributed by atoms with Crippen molar-refractivity contribution in [3.05, 3.63) is 27.4 Å². The lowest BCUT2D eigenvalue weighted by Crippen LogP contribution is -2.24. The first-order valence-electron chi connectivity index (χ1n) is 4.75. The topological polar surface area (TPSA) is 111 Å². The zero-order valence-corrected chi connectivity index (χ0v) is 9.77. The third-order valence-corrected chi connectivity index (χ3v) is 2.13. The summed E-state index contributed by atoms with van der Waals surface area (Å²) in [6, 6.07) is 0.841. The van der Waals surface area contributed by atoms with Crippen LogP contribution >= 0.6 is 11.6 Å². The summed E-state index contributed by atoms with van der Waals surface area (Å²) >= 11 is 5.61. The van der Waals surface area contributed by atoms with E-state index in [1.807, 2.05) is 0 Å². The van der Waals surface area contributed by atoms with Gasteiger partial charge in [0.15, 0.2) is 0 Å². The number of nitrogens with two attached hydrogens (primary N) is 1. The molecule has 8 heteroatoms. The molecule has 0 radical (unpaired) electrons. The van der Waals surface area contributed by atoms with Gasteiger partial charge in [0, 0.05) is 24.7 Å². The van der Waals surface area contributed by atoms with Crippen LogP contribution in [0.2, 0.25) is 5.02 Å². The van der Waals surface area contributed by atoms with E-state index in [4.69, 9.17) is 17.3 Å². The number of hydrogen-bond acceptors (Lipinski definition) is 5. The molecule has 1 heterocycles. The number of nitro groups is 1. The van der Waals surface area contributed by atoms with Crippen LogP contribution in [0, 0.1) is 10.1 Å². The smallest absolute Gasteiger partial charge is 0.312 e. The van der Waals surface area contributed by atoms with Gasteiger partial charge in [-0.2, -0.15) is 0 Å². The molecule has 92 valence electrons. The molecule has 0 spiro atoms. The van der Waals surface area contributed by atoms with Crippen molar-refractivity contribution in [2.24, 2.45) is 5.73 Å². The first-order chi connectivity index (χ1) is 7.90. The fraction of sp³-hybridized carbons (Fsp3) is 0.333. The largest absolute Gasteiger partial charge is 0.370 e. The first kappa shape index (κ1) is 13.2. The number of pyridine rings is 1. The van der Waals surface area contributed by atoms with Gasteiger partial charge in [0.1, 0.15) is 0 Å². The minimum atomic E-state index is -0.599. The maximum absolute atomic E-state index is 10.8. The van der Waals surface area contributed by atoms with E-state index in [0.717, 1.165) is 0 Å². The molecule has 0 aliphatic rings. The normalized spacial score (nSPS) is 11.9. The summed E-state index contributed by atoms with van der Waals surface area (Å²) in [5, 5.41) is 13.7. The molecule has 7 nitrogen and oxygen atoms in total. The number of rotatable bonds is 5. The second-order valence-corrected chi connectivity index (χ2v) is 3.93. The predicted molar refractivity (Wildman–Crippen MR) is 62.8 cm³/mol. The molecule has 0 fully saturated rings. The Labute approximate surface area is 102 Å². The Hall–Kier alpha value is -1.89. The summed E-state index contributed by atoms with van der Waals surface area (Å²) in [7, 11) is 0. The van der Waals surface area contributed by atoms with Gasteiger partial charge in [-0.1, -0.05) is 11.6 Å². The van der Waals surface area contributed by atoms with E-state index in [1.165, 1.54) is 12.3 Å². The molecule has 1 rings (SSSR count). The number of carbonyl (C=O) groups is 1. The van der Waals surface area contributed by atoms with Crippen molar-refractivity contribution >= 4 is 29.0 Å². The molecule has 1 aromatic heterocycles. The fourth-order valence-corrected chi connectivity index (χ4v) is 1.42. The number of nitrogens with one attached hydrogen (secondary N) is 1. The monoisotopic (exact) mass is 258 g/mol. The minimum absolute atomic E-state index is 0.0570. The lowest BCUT2D eigenvalue weighted by atomic mass is 10.2. The van der Waals surface area contributed by atoms with Crippen LogP contribution in [0.5, 0.6) is 0 Å². The van der Waals surface area contributed by atoms with Gasteiger partial charge in [-0.3, -0.25) is 14.9 Å². The van der Waals surface area contributed by atoms with Crippen LogP contribution in [-0.4, -0.2) is 21.9 Å². The van der Waals surface area contributed by atoms with Crippen LogP contribution in [0.4, 0.5) is 11.5 Å². The van der Waals surface area contributed by atoms with Crippen molar-refractivity contribution in [2.45, 2.75) is 19.4 Å². The molecule has 1 amide bonds. The molecule has 0 bridgehead atoms. The highest BCUT2D eigenvalue weighted by Crippen LogP contribution is 2.25. The average Bonchev–Trinajstić information content (AvgIpc) is 2.19. The number of anilines is 1. The highest BCUT2D eigenvalue weighted by atomic mass is 35.5. The summed E-state index contributed by atoms with van der Waals surface area (Å²) in [4.78, 5) is 24.6.